The highest BCUT2D eigenvalue weighted by Crippen LogP contribution is 2.15. The molecule has 96 valence electrons. The quantitative estimate of drug-likeness (QED) is 0.787. The number of aromatic nitrogens is 3. The van der Waals surface area contributed by atoms with E-state index in [1.807, 2.05) is 0 Å². The first kappa shape index (κ1) is 11.6. The van der Waals surface area contributed by atoms with Crippen LogP contribution in [0.5, 0.6) is 0 Å². The first-order chi connectivity index (χ1) is 9.24. The second-order valence-corrected chi connectivity index (χ2v) is 4.03. The number of nitrogens with zero attached hydrogens (tertiary/aromatic N) is 3. The minimum absolute atomic E-state index is 0.154. The van der Waals surface area contributed by atoms with E-state index in [1.54, 1.807) is 29.2 Å². The summed E-state index contributed by atoms with van der Waals surface area (Å²) in [5.74, 6) is -0.341. The second kappa shape index (κ2) is 4.64. The first-order valence-electron chi connectivity index (χ1n) is 5.70. The maximum absolute atomic E-state index is 13.5. The fourth-order valence-corrected chi connectivity index (χ4v) is 1.85. The van der Waals surface area contributed by atoms with Gasteiger partial charge in [0, 0.05) is 24.5 Å². The molecule has 1 aromatic carbocycles. The Bertz CT molecular complexity index is 723. The zero-order valence-electron chi connectivity index (χ0n) is 9.85. The molecule has 0 radical (unpaired) electrons. The van der Waals surface area contributed by atoms with E-state index in [4.69, 9.17) is 0 Å². The smallest absolute Gasteiger partial charge is 0.152 e. The van der Waals surface area contributed by atoms with E-state index in [9.17, 15) is 8.78 Å². The van der Waals surface area contributed by atoms with Crippen molar-refractivity contribution in [1.82, 2.24) is 14.6 Å². The van der Waals surface area contributed by atoms with Gasteiger partial charge in [-0.1, -0.05) is 0 Å². The van der Waals surface area contributed by atoms with Crippen LogP contribution in [-0.2, 0) is 6.54 Å². The van der Waals surface area contributed by atoms with Gasteiger partial charge in [-0.25, -0.2) is 18.3 Å². The molecule has 2 heterocycles. The van der Waals surface area contributed by atoms with Crippen LogP contribution in [0.2, 0.25) is 0 Å². The van der Waals surface area contributed by atoms with E-state index < -0.39 is 11.6 Å². The summed E-state index contributed by atoms with van der Waals surface area (Å²) in [4.78, 5) is 4.16. The summed E-state index contributed by atoms with van der Waals surface area (Å²) in [5.41, 5.74) is 1.03. The molecule has 1 N–H and O–H groups in total. The number of benzene rings is 1. The molecule has 0 saturated carbocycles. The fourth-order valence-electron chi connectivity index (χ4n) is 1.85. The molecule has 0 atom stereocenters. The molecule has 0 aliphatic heterocycles. The van der Waals surface area contributed by atoms with Gasteiger partial charge >= 0.3 is 0 Å². The Kier molecular flexibility index (Phi) is 2.83. The topological polar surface area (TPSA) is 42.2 Å². The molecule has 2 aromatic heterocycles. The standard InChI is InChI=1S/C13H10F2N4/c14-10-1-2-11(15)9(7-10)8-17-13-12-3-4-18-19(12)6-5-16-13/h1-7H,8H2,(H,16,17). The number of hydrogen-bond donors (Lipinski definition) is 1. The predicted octanol–water partition coefficient (Wildman–Crippen LogP) is 2.62. The van der Waals surface area contributed by atoms with Crippen LogP contribution in [0.25, 0.3) is 5.52 Å². The Hall–Kier alpha value is -2.50. The number of fused-ring (bicyclic) bond motifs is 1. The van der Waals surface area contributed by atoms with Crippen LogP contribution in [0.1, 0.15) is 5.56 Å². The number of nitrogens with one attached hydrogen (secondary N) is 1. The van der Waals surface area contributed by atoms with Crippen molar-refractivity contribution in [1.29, 1.82) is 0 Å². The molecule has 0 unspecified atom stereocenters. The number of halogens is 2. The molecule has 0 amide bonds. The molecule has 0 aliphatic rings. The number of anilines is 1. The van der Waals surface area contributed by atoms with Crippen molar-refractivity contribution in [3.05, 3.63) is 60.1 Å². The van der Waals surface area contributed by atoms with Crippen molar-refractivity contribution in [3.8, 4) is 0 Å². The molecule has 19 heavy (non-hydrogen) atoms. The molecule has 6 heteroatoms. The van der Waals surface area contributed by atoms with Crippen LogP contribution in [0.3, 0.4) is 0 Å². The Balaban J connectivity index is 1.86. The van der Waals surface area contributed by atoms with E-state index in [-0.39, 0.29) is 12.1 Å². The lowest BCUT2D eigenvalue weighted by Gasteiger charge is -2.08. The molecule has 0 saturated heterocycles. The SMILES string of the molecule is Fc1ccc(F)c(CNc2nccn3nccc23)c1. The fraction of sp³-hybridized carbons (Fsp3) is 0.0769. The van der Waals surface area contributed by atoms with Crippen LogP contribution < -0.4 is 5.32 Å². The van der Waals surface area contributed by atoms with E-state index in [2.05, 4.69) is 15.4 Å². The average Bonchev–Trinajstić information content (AvgIpc) is 2.88. The van der Waals surface area contributed by atoms with E-state index in [1.165, 1.54) is 6.07 Å². The summed E-state index contributed by atoms with van der Waals surface area (Å²) >= 11 is 0. The maximum Gasteiger partial charge on any atom is 0.152 e. The largest absolute Gasteiger partial charge is 0.364 e. The van der Waals surface area contributed by atoms with E-state index in [0.29, 0.717) is 5.82 Å². The van der Waals surface area contributed by atoms with Crippen LogP contribution in [0.4, 0.5) is 14.6 Å². The van der Waals surface area contributed by atoms with Gasteiger partial charge in [0.15, 0.2) is 5.82 Å². The predicted molar refractivity (Wildman–Crippen MR) is 66.7 cm³/mol. The molecule has 0 aliphatic carbocycles. The Morgan fingerprint density at radius 2 is 2.05 bits per heavy atom. The van der Waals surface area contributed by atoms with Crippen molar-refractivity contribution in [2.75, 3.05) is 5.32 Å². The summed E-state index contributed by atoms with van der Waals surface area (Å²) < 4.78 is 28.2. The van der Waals surface area contributed by atoms with Crippen molar-refractivity contribution in [2.45, 2.75) is 6.54 Å². The van der Waals surface area contributed by atoms with Crippen molar-refractivity contribution in [2.24, 2.45) is 0 Å². The summed E-state index contributed by atoms with van der Waals surface area (Å²) in [6.07, 6.45) is 4.94. The lowest BCUT2D eigenvalue weighted by Crippen LogP contribution is -2.05. The molecule has 0 bridgehead atoms. The van der Waals surface area contributed by atoms with Crippen LogP contribution in [0.15, 0.2) is 42.9 Å². The van der Waals surface area contributed by atoms with Gasteiger partial charge in [-0.15, -0.1) is 0 Å². The lowest BCUT2D eigenvalue weighted by molar-refractivity contribution is 0.587. The normalized spacial score (nSPS) is 10.8. The maximum atomic E-state index is 13.5. The lowest BCUT2D eigenvalue weighted by atomic mass is 10.2. The minimum atomic E-state index is -0.464. The summed E-state index contributed by atoms with van der Waals surface area (Å²) in [5, 5.41) is 7.05. The third kappa shape index (κ3) is 2.24. The molecular formula is C13H10F2N4. The van der Waals surface area contributed by atoms with Crippen molar-refractivity contribution < 1.29 is 8.78 Å². The monoisotopic (exact) mass is 260 g/mol. The highest BCUT2D eigenvalue weighted by atomic mass is 19.1. The average molecular weight is 260 g/mol. The van der Waals surface area contributed by atoms with Crippen LogP contribution in [-0.4, -0.2) is 14.6 Å². The van der Waals surface area contributed by atoms with Gasteiger partial charge in [0.25, 0.3) is 0 Å². The zero-order valence-corrected chi connectivity index (χ0v) is 9.85. The minimum Gasteiger partial charge on any atom is -0.364 e. The molecule has 3 rings (SSSR count). The van der Waals surface area contributed by atoms with Crippen LogP contribution >= 0.6 is 0 Å². The molecular weight excluding hydrogens is 250 g/mol. The van der Waals surface area contributed by atoms with Gasteiger partial charge in [0.1, 0.15) is 17.2 Å². The summed E-state index contributed by atoms with van der Waals surface area (Å²) in [7, 11) is 0. The highest BCUT2D eigenvalue weighted by Gasteiger charge is 2.06. The molecule has 0 spiro atoms. The van der Waals surface area contributed by atoms with Gasteiger partial charge in [-0.2, -0.15) is 5.10 Å². The van der Waals surface area contributed by atoms with Gasteiger partial charge < -0.3 is 5.32 Å². The Morgan fingerprint density at radius 1 is 1.16 bits per heavy atom. The van der Waals surface area contributed by atoms with Crippen molar-refractivity contribution >= 4 is 11.3 Å². The summed E-state index contributed by atoms with van der Waals surface area (Å²) in [6.45, 7) is 0.154. The Morgan fingerprint density at radius 3 is 2.95 bits per heavy atom. The molecule has 4 nitrogen and oxygen atoms in total. The third-order valence-electron chi connectivity index (χ3n) is 2.78. The van der Waals surface area contributed by atoms with Gasteiger partial charge in [-0.05, 0) is 24.3 Å². The number of hydrogen-bond acceptors (Lipinski definition) is 3. The second-order valence-electron chi connectivity index (χ2n) is 4.03. The highest BCUT2D eigenvalue weighted by molar-refractivity contribution is 5.66. The van der Waals surface area contributed by atoms with Gasteiger partial charge in [0.2, 0.25) is 0 Å². The van der Waals surface area contributed by atoms with Gasteiger partial charge in [-0.3, -0.25) is 0 Å². The third-order valence-corrected chi connectivity index (χ3v) is 2.78. The van der Waals surface area contributed by atoms with Crippen molar-refractivity contribution in [3.63, 3.8) is 0 Å². The first-order valence-corrected chi connectivity index (χ1v) is 5.70. The Labute approximate surface area is 107 Å². The zero-order chi connectivity index (χ0) is 13.2. The van der Waals surface area contributed by atoms with E-state index >= 15 is 0 Å². The van der Waals surface area contributed by atoms with Gasteiger partial charge in [0.05, 0.1) is 6.20 Å². The van der Waals surface area contributed by atoms with Crippen LogP contribution in [0, 0.1) is 11.6 Å². The molecule has 0 fully saturated rings. The molecule has 3 aromatic rings. The van der Waals surface area contributed by atoms with E-state index in [0.717, 1.165) is 17.6 Å². The summed E-state index contributed by atoms with van der Waals surface area (Å²) in [6, 6.07) is 5.16. The number of rotatable bonds is 3.